The van der Waals surface area contributed by atoms with Gasteiger partial charge in [0.1, 0.15) is 0 Å². The first-order chi connectivity index (χ1) is 6.61. The van der Waals surface area contributed by atoms with Gasteiger partial charge in [-0.1, -0.05) is 5.21 Å². The number of nitriles is 1. The first kappa shape index (κ1) is 10.7. The van der Waals surface area contributed by atoms with E-state index in [9.17, 15) is 0 Å². The molecule has 76 valence electrons. The summed E-state index contributed by atoms with van der Waals surface area (Å²) in [6.45, 7) is 3.40. The fourth-order valence-corrected chi connectivity index (χ4v) is 1.32. The van der Waals surface area contributed by atoms with E-state index >= 15 is 0 Å². The number of hydrogen-bond donors (Lipinski definition) is 0. The highest BCUT2D eigenvalue weighted by Crippen LogP contribution is 2.01. The Morgan fingerprint density at radius 1 is 1.71 bits per heavy atom. The van der Waals surface area contributed by atoms with Gasteiger partial charge in [0.25, 0.3) is 0 Å². The van der Waals surface area contributed by atoms with Crippen LogP contribution in [0.2, 0.25) is 0 Å². The molecule has 0 aliphatic carbocycles. The fraction of sp³-hybridized carbons (Fsp3) is 0.667. The Morgan fingerprint density at radius 3 is 2.93 bits per heavy atom. The molecule has 0 aliphatic rings. The molecule has 0 N–H and O–H groups in total. The van der Waals surface area contributed by atoms with Crippen molar-refractivity contribution < 1.29 is 0 Å². The predicted molar refractivity (Wildman–Crippen MR) is 52.1 cm³/mol. The van der Waals surface area contributed by atoms with E-state index in [0.717, 1.165) is 18.8 Å². The Morgan fingerprint density at radius 2 is 2.43 bits per heavy atom. The molecule has 1 aromatic heterocycles. The van der Waals surface area contributed by atoms with Crippen LogP contribution in [-0.4, -0.2) is 33.5 Å². The first-order valence-electron chi connectivity index (χ1n) is 4.55. The van der Waals surface area contributed by atoms with Gasteiger partial charge in [-0.25, -0.2) is 0 Å². The molecular formula is C9H15N5. The SMILES string of the molecule is CC(C#N)CN(C)Cc1cn(C)nn1. The van der Waals surface area contributed by atoms with Crippen LogP contribution in [0.25, 0.3) is 0 Å². The van der Waals surface area contributed by atoms with Gasteiger partial charge in [0.05, 0.1) is 17.7 Å². The van der Waals surface area contributed by atoms with E-state index in [1.807, 2.05) is 27.2 Å². The average Bonchev–Trinajstić information content (AvgIpc) is 2.50. The summed E-state index contributed by atoms with van der Waals surface area (Å²) in [5, 5.41) is 16.5. The topological polar surface area (TPSA) is 57.7 Å². The highest BCUT2D eigenvalue weighted by Gasteiger charge is 2.07. The summed E-state index contributed by atoms with van der Waals surface area (Å²) in [5.41, 5.74) is 0.931. The zero-order valence-corrected chi connectivity index (χ0v) is 8.80. The summed E-state index contributed by atoms with van der Waals surface area (Å²) in [6, 6.07) is 2.20. The number of aryl methyl sites for hydroxylation is 1. The zero-order chi connectivity index (χ0) is 10.6. The first-order valence-corrected chi connectivity index (χ1v) is 4.55. The molecule has 0 saturated heterocycles. The molecule has 1 aromatic rings. The lowest BCUT2D eigenvalue weighted by Gasteiger charge is -2.15. The molecular weight excluding hydrogens is 178 g/mol. The molecule has 14 heavy (non-hydrogen) atoms. The van der Waals surface area contributed by atoms with Crippen molar-refractivity contribution in [1.82, 2.24) is 19.9 Å². The molecule has 0 aromatic carbocycles. The lowest BCUT2D eigenvalue weighted by Crippen LogP contribution is -2.23. The molecule has 0 spiro atoms. The lowest BCUT2D eigenvalue weighted by atomic mass is 10.2. The van der Waals surface area contributed by atoms with Crippen LogP contribution in [-0.2, 0) is 13.6 Å². The van der Waals surface area contributed by atoms with Crippen molar-refractivity contribution >= 4 is 0 Å². The van der Waals surface area contributed by atoms with Gasteiger partial charge in [-0.15, -0.1) is 5.10 Å². The summed E-state index contributed by atoms with van der Waals surface area (Å²) in [7, 11) is 3.82. The Bertz CT molecular complexity index is 324. The van der Waals surface area contributed by atoms with Crippen LogP contribution in [0.3, 0.4) is 0 Å². The van der Waals surface area contributed by atoms with Crippen LogP contribution < -0.4 is 0 Å². The molecule has 0 saturated carbocycles. The van der Waals surface area contributed by atoms with Gasteiger partial charge in [0.15, 0.2) is 0 Å². The third kappa shape index (κ3) is 3.15. The largest absolute Gasteiger partial charge is 0.299 e. The monoisotopic (exact) mass is 193 g/mol. The van der Waals surface area contributed by atoms with Gasteiger partial charge in [-0.2, -0.15) is 5.26 Å². The maximum absolute atomic E-state index is 8.65. The third-order valence-electron chi connectivity index (χ3n) is 1.89. The van der Waals surface area contributed by atoms with Crippen LogP contribution in [0.4, 0.5) is 0 Å². The van der Waals surface area contributed by atoms with Gasteiger partial charge in [0, 0.05) is 26.3 Å². The minimum atomic E-state index is 0.0525. The Labute approximate surface area is 83.9 Å². The van der Waals surface area contributed by atoms with E-state index in [0.29, 0.717) is 0 Å². The minimum Gasteiger partial charge on any atom is -0.299 e. The smallest absolute Gasteiger partial charge is 0.0966 e. The molecule has 0 fully saturated rings. The molecule has 1 atom stereocenters. The van der Waals surface area contributed by atoms with Gasteiger partial charge in [-0.3, -0.25) is 9.58 Å². The second kappa shape index (κ2) is 4.72. The molecule has 1 unspecified atom stereocenters. The van der Waals surface area contributed by atoms with E-state index in [1.54, 1.807) is 4.68 Å². The summed E-state index contributed by atoms with van der Waals surface area (Å²) >= 11 is 0. The summed E-state index contributed by atoms with van der Waals surface area (Å²) in [5.74, 6) is 0.0525. The second-order valence-electron chi connectivity index (χ2n) is 3.61. The van der Waals surface area contributed by atoms with Crippen molar-refractivity contribution in [2.45, 2.75) is 13.5 Å². The van der Waals surface area contributed by atoms with E-state index in [1.165, 1.54) is 0 Å². The molecule has 0 radical (unpaired) electrons. The number of aromatic nitrogens is 3. The number of rotatable bonds is 4. The molecule has 5 nitrogen and oxygen atoms in total. The molecule has 0 aliphatic heterocycles. The molecule has 1 heterocycles. The zero-order valence-electron chi connectivity index (χ0n) is 8.80. The highest BCUT2D eigenvalue weighted by atomic mass is 15.4. The van der Waals surface area contributed by atoms with Crippen LogP contribution in [0.15, 0.2) is 6.20 Å². The van der Waals surface area contributed by atoms with Gasteiger partial charge >= 0.3 is 0 Å². The Balaban J connectivity index is 2.42. The second-order valence-corrected chi connectivity index (χ2v) is 3.61. The van der Waals surface area contributed by atoms with Crippen LogP contribution in [0.5, 0.6) is 0 Å². The van der Waals surface area contributed by atoms with Crippen molar-refractivity contribution in [3.05, 3.63) is 11.9 Å². The molecule has 1 rings (SSSR count). The molecule has 5 heteroatoms. The Hall–Kier alpha value is -1.41. The van der Waals surface area contributed by atoms with Gasteiger partial charge in [0.2, 0.25) is 0 Å². The van der Waals surface area contributed by atoms with Crippen LogP contribution in [0.1, 0.15) is 12.6 Å². The van der Waals surface area contributed by atoms with Crippen molar-refractivity contribution in [3.8, 4) is 6.07 Å². The van der Waals surface area contributed by atoms with Crippen molar-refractivity contribution in [2.24, 2.45) is 13.0 Å². The van der Waals surface area contributed by atoms with Crippen molar-refractivity contribution in [1.29, 1.82) is 5.26 Å². The van der Waals surface area contributed by atoms with Crippen LogP contribution in [0, 0.1) is 17.2 Å². The quantitative estimate of drug-likeness (QED) is 0.694. The van der Waals surface area contributed by atoms with Crippen molar-refractivity contribution in [2.75, 3.05) is 13.6 Å². The van der Waals surface area contributed by atoms with Crippen LogP contribution >= 0.6 is 0 Å². The van der Waals surface area contributed by atoms with E-state index in [2.05, 4.69) is 21.3 Å². The maximum Gasteiger partial charge on any atom is 0.0966 e. The third-order valence-corrected chi connectivity index (χ3v) is 1.89. The van der Waals surface area contributed by atoms with Crippen molar-refractivity contribution in [3.63, 3.8) is 0 Å². The number of nitrogens with zero attached hydrogens (tertiary/aromatic N) is 5. The highest BCUT2D eigenvalue weighted by molar-refractivity contribution is 4.92. The number of hydrogen-bond acceptors (Lipinski definition) is 4. The summed E-state index contributed by atoms with van der Waals surface area (Å²) in [4.78, 5) is 2.07. The lowest BCUT2D eigenvalue weighted by molar-refractivity contribution is 0.299. The van der Waals surface area contributed by atoms with E-state index in [-0.39, 0.29) is 5.92 Å². The molecule has 0 amide bonds. The summed E-state index contributed by atoms with van der Waals surface area (Å²) < 4.78 is 1.68. The average molecular weight is 193 g/mol. The predicted octanol–water partition coefficient (Wildman–Crippen LogP) is 0.407. The van der Waals surface area contributed by atoms with Gasteiger partial charge < -0.3 is 0 Å². The Kier molecular flexibility index (Phi) is 3.60. The summed E-state index contributed by atoms with van der Waals surface area (Å²) in [6.07, 6.45) is 1.88. The van der Waals surface area contributed by atoms with E-state index in [4.69, 9.17) is 5.26 Å². The fourth-order valence-electron chi connectivity index (χ4n) is 1.32. The van der Waals surface area contributed by atoms with Gasteiger partial charge in [-0.05, 0) is 14.0 Å². The maximum atomic E-state index is 8.65. The standard InChI is InChI=1S/C9H15N5/c1-8(4-10)5-13(2)6-9-7-14(3)12-11-9/h7-8H,5-6H2,1-3H3. The minimum absolute atomic E-state index is 0.0525. The normalized spacial score (nSPS) is 12.8. The molecule has 0 bridgehead atoms. The van der Waals surface area contributed by atoms with E-state index < -0.39 is 0 Å².